The van der Waals surface area contributed by atoms with E-state index in [2.05, 4.69) is 15.5 Å². The molecular weight excluding hydrogens is 284 g/mol. The smallest absolute Gasteiger partial charge is 0.326 e. The lowest BCUT2D eigenvalue weighted by Crippen LogP contribution is -2.41. The summed E-state index contributed by atoms with van der Waals surface area (Å²) in [5.41, 5.74) is 7.19. The molecule has 0 saturated heterocycles. The number of benzene rings is 1. The highest BCUT2D eigenvalue weighted by Gasteiger charge is 2.24. The first-order valence-corrected chi connectivity index (χ1v) is 6.97. The largest absolute Gasteiger partial charge is 0.480 e. The van der Waals surface area contributed by atoms with E-state index in [1.807, 2.05) is 25.1 Å². The fourth-order valence-corrected chi connectivity index (χ4v) is 2.19. The average Bonchev–Trinajstić information content (AvgIpc) is 2.89. The van der Waals surface area contributed by atoms with Crippen molar-refractivity contribution in [3.63, 3.8) is 0 Å². The first kappa shape index (κ1) is 15.6. The fourth-order valence-electron chi connectivity index (χ4n) is 2.19. The SMILES string of the molecule is CCCC(NC(=O)c1[nH]nc(N)c1-c1ccccc1)C(=O)O. The third-order valence-corrected chi connectivity index (χ3v) is 3.26. The molecule has 1 amide bonds. The molecule has 0 aliphatic heterocycles. The third kappa shape index (κ3) is 3.25. The van der Waals surface area contributed by atoms with Crippen molar-refractivity contribution in [2.45, 2.75) is 25.8 Å². The Morgan fingerprint density at radius 3 is 2.64 bits per heavy atom. The zero-order valence-electron chi connectivity index (χ0n) is 12.2. The first-order chi connectivity index (χ1) is 10.5. The molecule has 5 N–H and O–H groups in total. The van der Waals surface area contributed by atoms with Crippen LogP contribution in [0.5, 0.6) is 0 Å². The van der Waals surface area contributed by atoms with Gasteiger partial charge in [-0.1, -0.05) is 43.7 Å². The minimum Gasteiger partial charge on any atom is -0.480 e. The Morgan fingerprint density at radius 2 is 2.05 bits per heavy atom. The first-order valence-electron chi connectivity index (χ1n) is 6.97. The van der Waals surface area contributed by atoms with E-state index in [0.29, 0.717) is 18.4 Å². The van der Waals surface area contributed by atoms with Crippen LogP contribution in [0.1, 0.15) is 30.3 Å². The van der Waals surface area contributed by atoms with Crippen molar-refractivity contribution in [3.8, 4) is 11.1 Å². The predicted octanol–water partition coefficient (Wildman–Crippen LogP) is 1.64. The molecule has 2 aromatic rings. The molecule has 7 nitrogen and oxygen atoms in total. The number of carbonyl (C=O) groups is 2. The van der Waals surface area contributed by atoms with Crippen LogP contribution in [0.3, 0.4) is 0 Å². The van der Waals surface area contributed by atoms with Crippen molar-refractivity contribution in [1.82, 2.24) is 15.5 Å². The minimum atomic E-state index is -1.07. The van der Waals surface area contributed by atoms with Gasteiger partial charge >= 0.3 is 5.97 Å². The molecule has 1 aromatic heterocycles. The molecule has 0 spiro atoms. The van der Waals surface area contributed by atoms with Crippen molar-refractivity contribution < 1.29 is 14.7 Å². The number of nitrogens with one attached hydrogen (secondary N) is 2. The summed E-state index contributed by atoms with van der Waals surface area (Å²) in [4.78, 5) is 23.5. The van der Waals surface area contributed by atoms with Gasteiger partial charge in [0.15, 0.2) is 5.82 Å². The van der Waals surface area contributed by atoms with E-state index < -0.39 is 17.9 Å². The van der Waals surface area contributed by atoms with Crippen molar-refractivity contribution >= 4 is 17.7 Å². The number of carbonyl (C=O) groups excluding carboxylic acids is 1. The number of carboxylic acid groups (broad SMARTS) is 1. The van der Waals surface area contributed by atoms with Crippen LogP contribution < -0.4 is 11.1 Å². The number of nitrogens with two attached hydrogens (primary N) is 1. The highest BCUT2D eigenvalue weighted by atomic mass is 16.4. The van der Waals surface area contributed by atoms with E-state index in [1.165, 1.54) is 0 Å². The Morgan fingerprint density at radius 1 is 1.36 bits per heavy atom. The van der Waals surface area contributed by atoms with Crippen LogP contribution in [0.4, 0.5) is 5.82 Å². The Labute approximate surface area is 127 Å². The van der Waals surface area contributed by atoms with Crippen molar-refractivity contribution in [3.05, 3.63) is 36.0 Å². The summed E-state index contributed by atoms with van der Waals surface area (Å²) in [6.45, 7) is 1.85. The second-order valence-corrected chi connectivity index (χ2v) is 4.88. The molecule has 0 aliphatic rings. The van der Waals surface area contributed by atoms with Gasteiger partial charge in [-0.2, -0.15) is 5.10 Å². The molecule has 0 saturated carbocycles. The topological polar surface area (TPSA) is 121 Å². The lowest BCUT2D eigenvalue weighted by atomic mass is 10.0. The predicted molar refractivity (Wildman–Crippen MR) is 82.2 cm³/mol. The van der Waals surface area contributed by atoms with E-state index in [-0.39, 0.29) is 11.5 Å². The zero-order chi connectivity index (χ0) is 16.1. The number of rotatable bonds is 6. The van der Waals surface area contributed by atoms with Gasteiger partial charge in [0.1, 0.15) is 11.7 Å². The molecule has 1 heterocycles. The number of aromatic amines is 1. The lowest BCUT2D eigenvalue weighted by molar-refractivity contribution is -0.139. The van der Waals surface area contributed by atoms with Crippen molar-refractivity contribution in [1.29, 1.82) is 0 Å². The number of amides is 1. The summed E-state index contributed by atoms with van der Waals surface area (Å²) in [5, 5.41) is 18.1. The second-order valence-electron chi connectivity index (χ2n) is 4.88. The zero-order valence-corrected chi connectivity index (χ0v) is 12.2. The maximum Gasteiger partial charge on any atom is 0.326 e. The van der Waals surface area contributed by atoms with Gasteiger partial charge < -0.3 is 16.2 Å². The third-order valence-electron chi connectivity index (χ3n) is 3.26. The van der Waals surface area contributed by atoms with Gasteiger partial charge in [-0.15, -0.1) is 0 Å². The van der Waals surface area contributed by atoms with Crippen LogP contribution in [-0.4, -0.2) is 33.2 Å². The van der Waals surface area contributed by atoms with Crippen LogP contribution in [0.15, 0.2) is 30.3 Å². The van der Waals surface area contributed by atoms with E-state index in [9.17, 15) is 9.59 Å². The highest BCUT2D eigenvalue weighted by Crippen LogP contribution is 2.27. The van der Waals surface area contributed by atoms with Gasteiger partial charge in [-0.05, 0) is 12.0 Å². The molecule has 1 unspecified atom stereocenters. The Balaban J connectivity index is 2.30. The van der Waals surface area contributed by atoms with Gasteiger partial charge in [0.05, 0.1) is 5.56 Å². The molecule has 0 fully saturated rings. The number of nitrogen functional groups attached to an aromatic ring is 1. The average molecular weight is 302 g/mol. The Kier molecular flexibility index (Phi) is 4.77. The summed E-state index contributed by atoms with van der Waals surface area (Å²) in [5.74, 6) is -1.41. The van der Waals surface area contributed by atoms with E-state index in [1.54, 1.807) is 12.1 Å². The maximum atomic E-state index is 12.3. The molecule has 1 aromatic carbocycles. The molecule has 116 valence electrons. The van der Waals surface area contributed by atoms with Crippen molar-refractivity contribution in [2.24, 2.45) is 0 Å². The summed E-state index contributed by atoms with van der Waals surface area (Å²) in [6.07, 6.45) is 0.999. The van der Waals surface area contributed by atoms with Gasteiger partial charge in [-0.25, -0.2) is 4.79 Å². The molecule has 7 heteroatoms. The van der Waals surface area contributed by atoms with E-state index in [0.717, 1.165) is 5.56 Å². The van der Waals surface area contributed by atoms with Crippen LogP contribution in [0.2, 0.25) is 0 Å². The van der Waals surface area contributed by atoms with Gasteiger partial charge in [-0.3, -0.25) is 9.89 Å². The fraction of sp³-hybridized carbons (Fsp3) is 0.267. The highest BCUT2D eigenvalue weighted by molar-refractivity contribution is 6.02. The number of carboxylic acids is 1. The second kappa shape index (κ2) is 6.75. The minimum absolute atomic E-state index is 0.158. The number of aromatic nitrogens is 2. The van der Waals surface area contributed by atoms with Crippen LogP contribution >= 0.6 is 0 Å². The summed E-state index contributed by atoms with van der Waals surface area (Å²) in [6, 6.07) is 8.16. The van der Waals surface area contributed by atoms with E-state index in [4.69, 9.17) is 10.8 Å². The number of anilines is 1. The van der Waals surface area contributed by atoms with Crippen LogP contribution in [0, 0.1) is 0 Å². The Bertz CT molecular complexity index is 667. The molecule has 0 aliphatic carbocycles. The number of hydrogen-bond acceptors (Lipinski definition) is 4. The van der Waals surface area contributed by atoms with E-state index >= 15 is 0 Å². The van der Waals surface area contributed by atoms with Crippen LogP contribution in [0.25, 0.3) is 11.1 Å². The number of hydrogen-bond donors (Lipinski definition) is 4. The summed E-state index contributed by atoms with van der Waals surface area (Å²) >= 11 is 0. The van der Waals surface area contributed by atoms with Crippen molar-refractivity contribution in [2.75, 3.05) is 5.73 Å². The molecule has 2 rings (SSSR count). The molecular formula is C15H18N4O3. The molecule has 0 radical (unpaired) electrons. The standard InChI is InChI=1S/C15H18N4O3/c1-2-6-10(15(21)22)17-14(20)12-11(13(16)19-18-12)9-7-4-3-5-8-9/h3-5,7-8,10H,2,6H2,1H3,(H,17,20)(H,21,22)(H3,16,18,19). The Hall–Kier alpha value is -2.83. The van der Waals surface area contributed by atoms with Gasteiger partial charge in [0, 0.05) is 0 Å². The maximum absolute atomic E-state index is 12.3. The normalized spacial score (nSPS) is 11.9. The van der Waals surface area contributed by atoms with Crippen LogP contribution in [-0.2, 0) is 4.79 Å². The lowest BCUT2D eigenvalue weighted by Gasteiger charge is -2.13. The quantitative estimate of drug-likeness (QED) is 0.646. The molecule has 1 atom stereocenters. The monoisotopic (exact) mass is 302 g/mol. The summed E-state index contributed by atoms with van der Waals surface area (Å²) < 4.78 is 0. The molecule has 0 bridgehead atoms. The molecule has 22 heavy (non-hydrogen) atoms. The summed E-state index contributed by atoms with van der Waals surface area (Å²) in [7, 11) is 0. The number of aliphatic carboxylic acids is 1. The van der Waals surface area contributed by atoms with Gasteiger partial charge in [0.2, 0.25) is 0 Å². The number of nitrogens with zero attached hydrogens (tertiary/aromatic N) is 1. The number of H-pyrrole nitrogens is 1. The van der Waals surface area contributed by atoms with Gasteiger partial charge in [0.25, 0.3) is 5.91 Å².